The van der Waals surface area contributed by atoms with Crippen molar-refractivity contribution in [2.75, 3.05) is 5.32 Å². The molecule has 0 atom stereocenters. The van der Waals surface area contributed by atoms with Gasteiger partial charge in [-0.1, -0.05) is 29.8 Å². The molecule has 5 heteroatoms. The van der Waals surface area contributed by atoms with Gasteiger partial charge >= 0.3 is 0 Å². The minimum atomic E-state index is -0.141. The summed E-state index contributed by atoms with van der Waals surface area (Å²) in [6.45, 7) is 2.10. The molecule has 24 heavy (non-hydrogen) atoms. The summed E-state index contributed by atoms with van der Waals surface area (Å²) in [4.78, 5) is 9.97. The summed E-state index contributed by atoms with van der Waals surface area (Å²) in [6.07, 6.45) is 5.18. The molecule has 3 aromatic rings. The fourth-order valence-electron chi connectivity index (χ4n) is 3.34. The zero-order valence-corrected chi connectivity index (χ0v) is 14.5. The van der Waals surface area contributed by atoms with Gasteiger partial charge in [-0.25, -0.2) is 9.97 Å². The van der Waals surface area contributed by atoms with Crippen LogP contribution < -0.4 is 5.32 Å². The van der Waals surface area contributed by atoms with Crippen LogP contribution in [0.1, 0.15) is 31.2 Å². The van der Waals surface area contributed by atoms with Crippen molar-refractivity contribution in [3.63, 3.8) is 0 Å². The zero-order valence-electron chi connectivity index (χ0n) is 13.7. The van der Waals surface area contributed by atoms with Crippen LogP contribution in [-0.2, 0) is 0 Å². The number of rotatable bonds is 3. The van der Waals surface area contributed by atoms with Crippen LogP contribution >= 0.6 is 11.3 Å². The summed E-state index contributed by atoms with van der Waals surface area (Å²) in [6, 6.07) is 8.96. The first kappa shape index (κ1) is 15.5. The van der Waals surface area contributed by atoms with E-state index >= 15 is 0 Å². The van der Waals surface area contributed by atoms with Gasteiger partial charge in [0.25, 0.3) is 0 Å². The second kappa shape index (κ2) is 6.49. The number of aliphatic hydroxyl groups is 1. The lowest BCUT2D eigenvalue weighted by molar-refractivity contribution is 0.126. The summed E-state index contributed by atoms with van der Waals surface area (Å²) in [5.41, 5.74) is 3.64. The number of aromatic nitrogens is 2. The third-order valence-electron chi connectivity index (χ3n) is 4.77. The number of benzene rings is 1. The molecule has 2 N–H and O–H groups in total. The maximum Gasteiger partial charge on any atom is 0.139 e. The fourth-order valence-corrected chi connectivity index (χ4v) is 4.26. The van der Waals surface area contributed by atoms with Gasteiger partial charge in [0.15, 0.2) is 0 Å². The number of nitrogens with one attached hydrogen (secondary N) is 1. The van der Waals surface area contributed by atoms with Crippen LogP contribution in [0, 0.1) is 6.92 Å². The topological polar surface area (TPSA) is 58.0 Å². The van der Waals surface area contributed by atoms with E-state index < -0.39 is 0 Å². The van der Waals surface area contributed by atoms with Crippen molar-refractivity contribution in [3.8, 4) is 11.1 Å². The Balaban J connectivity index is 1.70. The minimum absolute atomic E-state index is 0.141. The molecule has 0 radical (unpaired) electrons. The fraction of sp³-hybridized carbons (Fsp3) is 0.368. The predicted molar refractivity (Wildman–Crippen MR) is 99.5 cm³/mol. The molecule has 2 heterocycles. The molecule has 1 saturated carbocycles. The normalized spacial score (nSPS) is 21.1. The lowest BCUT2D eigenvalue weighted by Crippen LogP contribution is -2.28. The lowest BCUT2D eigenvalue weighted by Gasteiger charge is -2.26. The van der Waals surface area contributed by atoms with E-state index in [0.717, 1.165) is 41.7 Å². The molecule has 1 aromatic carbocycles. The summed E-state index contributed by atoms with van der Waals surface area (Å²) in [5, 5.41) is 16.6. The number of hydrogen-bond donors (Lipinski definition) is 2. The van der Waals surface area contributed by atoms with Crippen molar-refractivity contribution < 1.29 is 5.11 Å². The lowest BCUT2D eigenvalue weighted by atomic mass is 9.93. The average Bonchev–Trinajstić information content (AvgIpc) is 3.03. The summed E-state index contributed by atoms with van der Waals surface area (Å²) in [5.74, 6) is 0.915. The molecule has 0 bridgehead atoms. The molecule has 1 aliphatic carbocycles. The van der Waals surface area contributed by atoms with E-state index in [2.05, 4.69) is 51.9 Å². The highest BCUT2D eigenvalue weighted by atomic mass is 32.1. The molecule has 0 spiro atoms. The first-order chi connectivity index (χ1) is 11.7. The first-order valence-corrected chi connectivity index (χ1v) is 9.32. The molecule has 1 aliphatic rings. The van der Waals surface area contributed by atoms with Gasteiger partial charge in [-0.3, -0.25) is 0 Å². The zero-order chi connectivity index (χ0) is 16.5. The van der Waals surface area contributed by atoms with Crippen LogP contribution in [0.5, 0.6) is 0 Å². The van der Waals surface area contributed by atoms with Crippen LogP contribution in [0.4, 0.5) is 5.82 Å². The first-order valence-electron chi connectivity index (χ1n) is 8.44. The van der Waals surface area contributed by atoms with E-state index in [1.807, 2.05) is 0 Å². The van der Waals surface area contributed by atoms with E-state index in [1.54, 1.807) is 17.7 Å². The molecular weight excluding hydrogens is 318 g/mol. The highest BCUT2D eigenvalue weighted by Gasteiger charge is 2.21. The van der Waals surface area contributed by atoms with Crippen LogP contribution in [0.2, 0.25) is 0 Å². The van der Waals surface area contributed by atoms with Gasteiger partial charge in [-0.15, -0.1) is 11.3 Å². The summed E-state index contributed by atoms with van der Waals surface area (Å²) in [7, 11) is 0. The Kier molecular flexibility index (Phi) is 4.21. The van der Waals surface area contributed by atoms with Crippen LogP contribution in [0.25, 0.3) is 21.3 Å². The standard InChI is InChI=1S/C19H21N3OS/c1-12-2-4-13(5-3-12)16-10-24-19-17(16)18(20-11-21-19)22-14-6-8-15(23)9-7-14/h2-5,10-11,14-15,23H,6-9H2,1H3,(H,20,21,22). The molecular formula is C19H21N3OS. The highest BCUT2D eigenvalue weighted by Crippen LogP contribution is 2.37. The van der Waals surface area contributed by atoms with E-state index in [-0.39, 0.29) is 6.10 Å². The SMILES string of the molecule is Cc1ccc(-c2csc3ncnc(NC4CCC(O)CC4)c23)cc1. The second-order valence-electron chi connectivity index (χ2n) is 6.57. The summed E-state index contributed by atoms with van der Waals surface area (Å²) >= 11 is 1.66. The van der Waals surface area contributed by atoms with Crippen molar-refractivity contribution in [1.82, 2.24) is 9.97 Å². The molecule has 0 unspecified atom stereocenters. The average molecular weight is 339 g/mol. The van der Waals surface area contributed by atoms with E-state index in [1.165, 1.54) is 16.7 Å². The highest BCUT2D eigenvalue weighted by molar-refractivity contribution is 7.17. The van der Waals surface area contributed by atoms with Crippen molar-refractivity contribution in [2.45, 2.75) is 44.8 Å². The number of anilines is 1. The van der Waals surface area contributed by atoms with Crippen LogP contribution in [0.15, 0.2) is 36.0 Å². The van der Waals surface area contributed by atoms with Crippen molar-refractivity contribution in [3.05, 3.63) is 41.5 Å². The largest absolute Gasteiger partial charge is 0.393 e. The Morgan fingerprint density at radius 2 is 1.83 bits per heavy atom. The van der Waals surface area contributed by atoms with E-state index in [9.17, 15) is 5.11 Å². The third kappa shape index (κ3) is 3.01. The Morgan fingerprint density at radius 3 is 2.58 bits per heavy atom. The van der Waals surface area contributed by atoms with Crippen LogP contribution in [0.3, 0.4) is 0 Å². The quantitative estimate of drug-likeness (QED) is 0.743. The number of fused-ring (bicyclic) bond motifs is 1. The number of aliphatic hydroxyl groups excluding tert-OH is 1. The smallest absolute Gasteiger partial charge is 0.139 e. The molecule has 4 rings (SSSR count). The van der Waals surface area contributed by atoms with Gasteiger partial charge in [0.2, 0.25) is 0 Å². The molecule has 4 nitrogen and oxygen atoms in total. The Hall–Kier alpha value is -1.98. The maximum absolute atomic E-state index is 9.70. The molecule has 124 valence electrons. The number of thiophene rings is 1. The van der Waals surface area contributed by atoms with Gasteiger partial charge in [0.1, 0.15) is 17.0 Å². The maximum atomic E-state index is 9.70. The van der Waals surface area contributed by atoms with Gasteiger partial charge in [-0.05, 0) is 38.2 Å². The van der Waals surface area contributed by atoms with E-state index in [0.29, 0.717) is 6.04 Å². The third-order valence-corrected chi connectivity index (χ3v) is 5.66. The molecule has 0 amide bonds. The summed E-state index contributed by atoms with van der Waals surface area (Å²) < 4.78 is 0. The van der Waals surface area contributed by atoms with E-state index in [4.69, 9.17) is 0 Å². The number of nitrogens with zero attached hydrogens (tertiary/aromatic N) is 2. The van der Waals surface area contributed by atoms with Gasteiger partial charge < -0.3 is 10.4 Å². The number of aryl methyl sites for hydroxylation is 1. The minimum Gasteiger partial charge on any atom is -0.393 e. The Bertz CT molecular complexity index is 835. The monoisotopic (exact) mass is 339 g/mol. The molecule has 2 aromatic heterocycles. The Labute approximate surface area is 145 Å². The van der Waals surface area contributed by atoms with Gasteiger partial charge in [-0.2, -0.15) is 0 Å². The molecule has 1 fully saturated rings. The Morgan fingerprint density at radius 1 is 1.08 bits per heavy atom. The van der Waals surface area contributed by atoms with Crippen molar-refractivity contribution >= 4 is 27.4 Å². The van der Waals surface area contributed by atoms with Crippen molar-refractivity contribution in [1.29, 1.82) is 0 Å². The molecule has 0 saturated heterocycles. The van der Waals surface area contributed by atoms with Gasteiger partial charge in [0.05, 0.1) is 11.5 Å². The van der Waals surface area contributed by atoms with Crippen LogP contribution in [-0.4, -0.2) is 27.2 Å². The molecule has 0 aliphatic heterocycles. The second-order valence-corrected chi connectivity index (χ2v) is 7.43. The number of hydrogen-bond acceptors (Lipinski definition) is 5. The van der Waals surface area contributed by atoms with Crippen molar-refractivity contribution in [2.24, 2.45) is 0 Å². The van der Waals surface area contributed by atoms with Gasteiger partial charge in [0, 0.05) is 17.0 Å². The predicted octanol–water partition coefficient (Wildman–Crippen LogP) is 4.38.